The SMILES string of the molecule is CCC(CCO)CNc1ccnc(N(C)C)n1. The third-order valence-corrected chi connectivity index (χ3v) is 2.73. The highest BCUT2D eigenvalue weighted by molar-refractivity contribution is 5.40. The third-order valence-electron chi connectivity index (χ3n) is 2.73. The van der Waals surface area contributed by atoms with Crippen LogP contribution in [0.25, 0.3) is 0 Å². The minimum absolute atomic E-state index is 0.243. The lowest BCUT2D eigenvalue weighted by Crippen LogP contribution is -2.17. The predicted octanol–water partition coefficient (Wildman–Crippen LogP) is 1.36. The van der Waals surface area contributed by atoms with E-state index in [1.807, 2.05) is 25.1 Å². The van der Waals surface area contributed by atoms with E-state index in [1.54, 1.807) is 6.20 Å². The van der Waals surface area contributed by atoms with Crippen molar-refractivity contribution in [3.8, 4) is 0 Å². The van der Waals surface area contributed by atoms with Crippen LogP contribution in [0.15, 0.2) is 12.3 Å². The number of anilines is 2. The number of nitrogens with zero attached hydrogens (tertiary/aromatic N) is 3. The molecule has 0 aliphatic rings. The van der Waals surface area contributed by atoms with E-state index in [0.717, 1.165) is 25.2 Å². The van der Waals surface area contributed by atoms with Gasteiger partial charge in [-0.15, -0.1) is 0 Å². The van der Waals surface area contributed by atoms with Crippen LogP contribution in [0, 0.1) is 5.92 Å². The zero-order chi connectivity index (χ0) is 12.7. The summed E-state index contributed by atoms with van der Waals surface area (Å²) in [4.78, 5) is 10.4. The van der Waals surface area contributed by atoms with Crippen molar-refractivity contribution in [3.05, 3.63) is 12.3 Å². The van der Waals surface area contributed by atoms with Crippen LogP contribution in [0.3, 0.4) is 0 Å². The van der Waals surface area contributed by atoms with Crippen LogP contribution in [0.5, 0.6) is 0 Å². The molecule has 1 aromatic rings. The standard InChI is InChI=1S/C12H22N4O/c1-4-10(6-8-17)9-14-11-5-7-13-12(15-11)16(2)3/h5,7,10,17H,4,6,8-9H2,1-3H3,(H,13,14,15). The minimum atomic E-state index is 0.243. The normalized spacial score (nSPS) is 12.2. The average Bonchev–Trinajstić information content (AvgIpc) is 2.34. The van der Waals surface area contributed by atoms with E-state index in [1.165, 1.54) is 0 Å². The van der Waals surface area contributed by atoms with Crippen LogP contribution >= 0.6 is 0 Å². The predicted molar refractivity (Wildman–Crippen MR) is 70.3 cm³/mol. The Morgan fingerprint density at radius 1 is 1.47 bits per heavy atom. The Bertz CT molecular complexity index is 330. The highest BCUT2D eigenvalue weighted by Gasteiger charge is 2.06. The molecule has 1 unspecified atom stereocenters. The Morgan fingerprint density at radius 3 is 2.82 bits per heavy atom. The molecule has 0 fully saturated rings. The molecule has 0 amide bonds. The summed E-state index contributed by atoms with van der Waals surface area (Å²) in [6, 6.07) is 1.86. The fraction of sp³-hybridized carbons (Fsp3) is 0.667. The molecule has 0 radical (unpaired) electrons. The van der Waals surface area contributed by atoms with Crippen molar-refractivity contribution < 1.29 is 5.11 Å². The lowest BCUT2D eigenvalue weighted by atomic mass is 10.0. The lowest BCUT2D eigenvalue weighted by molar-refractivity contribution is 0.258. The molecule has 1 atom stereocenters. The van der Waals surface area contributed by atoms with Gasteiger partial charge < -0.3 is 15.3 Å². The molecular formula is C12H22N4O. The van der Waals surface area contributed by atoms with Gasteiger partial charge in [-0.1, -0.05) is 13.3 Å². The summed E-state index contributed by atoms with van der Waals surface area (Å²) in [5.41, 5.74) is 0. The van der Waals surface area contributed by atoms with E-state index < -0.39 is 0 Å². The zero-order valence-electron chi connectivity index (χ0n) is 10.8. The molecule has 0 aliphatic carbocycles. The van der Waals surface area contributed by atoms with Crippen molar-refractivity contribution in [3.63, 3.8) is 0 Å². The Kier molecular flexibility index (Phi) is 5.69. The monoisotopic (exact) mass is 238 g/mol. The molecule has 0 aliphatic heterocycles. The zero-order valence-corrected chi connectivity index (χ0v) is 10.8. The topological polar surface area (TPSA) is 61.3 Å². The van der Waals surface area contributed by atoms with Crippen LogP contribution in [-0.2, 0) is 0 Å². The maximum atomic E-state index is 8.92. The number of hydrogen-bond donors (Lipinski definition) is 2. The van der Waals surface area contributed by atoms with Gasteiger partial charge in [-0.3, -0.25) is 0 Å². The molecule has 0 bridgehead atoms. The van der Waals surface area contributed by atoms with Gasteiger partial charge in [0.1, 0.15) is 5.82 Å². The number of rotatable bonds is 7. The Morgan fingerprint density at radius 2 is 2.24 bits per heavy atom. The average molecular weight is 238 g/mol. The highest BCUT2D eigenvalue weighted by atomic mass is 16.3. The number of nitrogens with one attached hydrogen (secondary N) is 1. The highest BCUT2D eigenvalue weighted by Crippen LogP contribution is 2.11. The Labute approximate surface area is 103 Å². The third kappa shape index (κ3) is 4.56. The molecule has 1 heterocycles. The summed E-state index contributed by atoms with van der Waals surface area (Å²) in [7, 11) is 3.83. The molecule has 17 heavy (non-hydrogen) atoms. The molecular weight excluding hydrogens is 216 g/mol. The second kappa shape index (κ2) is 7.06. The molecule has 1 rings (SSSR count). The van der Waals surface area contributed by atoms with Crippen LogP contribution in [0.1, 0.15) is 19.8 Å². The van der Waals surface area contributed by atoms with Crippen LogP contribution in [-0.4, -0.2) is 42.3 Å². The first-order valence-corrected chi connectivity index (χ1v) is 6.02. The maximum absolute atomic E-state index is 8.92. The van der Waals surface area contributed by atoms with E-state index in [-0.39, 0.29) is 6.61 Å². The molecule has 1 aromatic heterocycles. The van der Waals surface area contributed by atoms with E-state index in [2.05, 4.69) is 22.2 Å². The molecule has 0 saturated heterocycles. The smallest absolute Gasteiger partial charge is 0.226 e. The van der Waals surface area contributed by atoms with Crippen molar-refractivity contribution in [2.45, 2.75) is 19.8 Å². The summed E-state index contributed by atoms with van der Waals surface area (Å²) >= 11 is 0. The van der Waals surface area contributed by atoms with E-state index >= 15 is 0 Å². The number of aliphatic hydroxyl groups is 1. The first kappa shape index (κ1) is 13.7. The van der Waals surface area contributed by atoms with Gasteiger partial charge in [0.2, 0.25) is 5.95 Å². The summed E-state index contributed by atoms with van der Waals surface area (Å²) < 4.78 is 0. The molecule has 0 spiro atoms. The van der Waals surface area contributed by atoms with Gasteiger partial charge in [0.25, 0.3) is 0 Å². The summed E-state index contributed by atoms with van der Waals surface area (Å²) in [6.07, 6.45) is 3.63. The largest absolute Gasteiger partial charge is 0.396 e. The fourth-order valence-corrected chi connectivity index (χ4v) is 1.54. The number of hydrogen-bond acceptors (Lipinski definition) is 5. The first-order valence-electron chi connectivity index (χ1n) is 6.02. The van der Waals surface area contributed by atoms with Gasteiger partial charge in [-0.2, -0.15) is 4.98 Å². The molecule has 5 nitrogen and oxygen atoms in total. The molecule has 96 valence electrons. The molecule has 2 N–H and O–H groups in total. The molecule has 0 aromatic carbocycles. The molecule has 5 heteroatoms. The van der Waals surface area contributed by atoms with Crippen molar-refractivity contribution in [2.75, 3.05) is 37.5 Å². The van der Waals surface area contributed by atoms with Gasteiger partial charge in [0, 0.05) is 33.4 Å². The van der Waals surface area contributed by atoms with Crippen molar-refractivity contribution in [1.29, 1.82) is 0 Å². The van der Waals surface area contributed by atoms with Crippen LogP contribution < -0.4 is 10.2 Å². The quantitative estimate of drug-likeness (QED) is 0.751. The molecule has 0 saturated carbocycles. The number of aliphatic hydroxyl groups excluding tert-OH is 1. The van der Waals surface area contributed by atoms with Crippen molar-refractivity contribution in [1.82, 2.24) is 9.97 Å². The summed E-state index contributed by atoms with van der Waals surface area (Å²) in [5.74, 6) is 2.02. The van der Waals surface area contributed by atoms with E-state index in [9.17, 15) is 0 Å². The Balaban J connectivity index is 2.53. The van der Waals surface area contributed by atoms with Crippen molar-refractivity contribution in [2.24, 2.45) is 5.92 Å². The van der Waals surface area contributed by atoms with Crippen molar-refractivity contribution >= 4 is 11.8 Å². The van der Waals surface area contributed by atoms with Crippen LogP contribution in [0.4, 0.5) is 11.8 Å². The first-order chi connectivity index (χ1) is 8.17. The fourth-order valence-electron chi connectivity index (χ4n) is 1.54. The second-order valence-corrected chi connectivity index (χ2v) is 4.30. The van der Waals surface area contributed by atoms with Gasteiger partial charge >= 0.3 is 0 Å². The van der Waals surface area contributed by atoms with Gasteiger partial charge in [-0.25, -0.2) is 4.98 Å². The van der Waals surface area contributed by atoms with E-state index in [4.69, 9.17) is 5.11 Å². The van der Waals surface area contributed by atoms with Gasteiger partial charge in [-0.05, 0) is 18.4 Å². The van der Waals surface area contributed by atoms with Gasteiger partial charge in [0.15, 0.2) is 0 Å². The maximum Gasteiger partial charge on any atom is 0.226 e. The second-order valence-electron chi connectivity index (χ2n) is 4.30. The van der Waals surface area contributed by atoms with E-state index in [0.29, 0.717) is 11.9 Å². The summed E-state index contributed by atoms with van der Waals surface area (Å²) in [5, 5.41) is 12.2. The lowest BCUT2D eigenvalue weighted by Gasteiger charge is -2.16. The summed E-state index contributed by atoms with van der Waals surface area (Å²) in [6.45, 7) is 3.21. The minimum Gasteiger partial charge on any atom is -0.396 e. The van der Waals surface area contributed by atoms with Crippen LogP contribution in [0.2, 0.25) is 0 Å². The Hall–Kier alpha value is -1.36. The van der Waals surface area contributed by atoms with Gasteiger partial charge in [0.05, 0.1) is 0 Å². The number of aromatic nitrogens is 2.